The summed E-state index contributed by atoms with van der Waals surface area (Å²) in [6.45, 7) is 3.84. The Bertz CT molecular complexity index is 491. The molecule has 106 valence electrons. The van der Waals surface area contributed by atoms with E-state index in [2.05, 4.69) is 0 Å². The normalized spacial score (nSPS) is 11.2. The summed E-state index contributed by atoms with van der Waals surface area (Å²) in [6, 6.07) is 19.0. The number of carbonyl (C=O) groups is 1. The minimum Gasteiger partial charge on any atom is -0.388 e. The monoisotopic (exact) mass is 270 g/mol. The van der Waals surface area contributed by atoms with E-state index in [0.29, 0.717) is 6.42 Å². The van der Waals surface area contributed by atoms with Crippen LogP contribution < -0.4 is 0 Å². The Hall–Kier alpha value is -1.93. The third kappa shape index (κ3) is 5.37. The van der Waals surface area contributed by atoms with Crippen molar-refractivity contribution in [2.24, 2.45) is 0 Å². The molecule has 0 fully saturated rings. The van der Waals surface area contributed by atoms with Crippen LogP contribution in [0.4, 0.5) is 0 Å². The Balaban J connectivity index is 0.000000200. The standard InChI is InChI=1S/C9H12O.C9H10O/c2*1-2-9(10)8-6-4-3-5-7-8/h3-7,9-10H,2H2,1H3;3-7H,2H2,1H3/t9-;/m1./s1. The molecule has 0 radical (unpaired) electrons. The lowest BCUT2D eigenvalue weighted by Gasteiger charge is -2.05. The van der Waals surface area contributed by atoms with Crippen LogP contribution in [-0.2, 0) is 0 Å². The van der Waals surface area contributed by atoms with E-state index in [4.69, 9.17) is 0 Å². The van der Waals surface area contributed by atoms with Gasteiger partial charge in [0.15, 0.2) is 5.78 Å². The lowest BCUT2D eigenvalue weighted by atomic mass is 10.1. The van der Waals surface area contributed by atoms with Gasteiger partial charge in [-0.15, -0.1) is 0 Å². The summed E-state index contributed by atoms with van der Waals surface area (Å²) in [5.41, 5.74) is 1.81. The van der Waals surface area contributed by atoms with Crippen LogP contribution >= 0.6 is 0 Å². The molecule has 2 aromatic carbocycles. The maximum absolute atomic E-state index is 11.0. The maximum atomic E-state index is 11.0. The summed E-state index contributed by atoms with van der Waals surface area (Å²) in [5, 5.41) is 9.33. The van der Waals surface area contributed by atoms with Crippen molar-refractivity contribution in [2.45, 2.75) is 32.8 Å². The zero-order chi connectivity index (χ0) is 14.8. The Morgan fingerprint density at radius 1 is 0.950 bits per heavy atom. The van der Waals surface area contributed by atoms with Gasteiger partial charge in [0.2, 0.25) is 0 Å². The number of ketones is 1. The molecule has 0 heterocycles. The Morgan fingerprint density at radius 2 is 1.45 bits per heavy atom. The number of hydrogen-bond donors (Lipinski definition) is 1. The Labute approximate surface area is 121 Å². The van der Waals surface area contributed by atoms with Gasteiger partial charge in [-0.25, -0.2) is 0 Å². The van der Waals surface area contributed by atoms with Crippen LogP contribution in [0.5, 0.6) is 0 Å². The van der Waals surface area contributed by atoms with Crippen molar-refractivity contribution in [3.05, 3.63) is 71.8 Å². The molecule has 0 bridgehead atoms. The largest absolute Gasteiger partial charge is 0.388 e. The van der Waals surface area contributed by atoms with Crippen LogP contribution in [0.25, 0.3) is 0 Å². The number of Topliss-reactive ketones (excluding diaryl/α,β-unsaturated/α-hetero) is 1. The molecule has 2 rings (SSSR count). The average Bonchev–Trinajstić information content (AvgIpc) is 2.55. The maximum Gasteiger partial charge on any atom is 0.162 e. The van der Waals surface area contributed by atoms with Crippen LogP contribution in [0, 0.1) is 0 Å². The molecule has 1 N–H and O–H groups in total. The molecule has 2 heteroatoms. The first-order valence-corrected chi connectivity index (χ1v) is 7.00. The van der Waals surface area contributed by atoms with E-state index < -0.39 is 0 Å². The predicted molar refractivity (Wildman–Crippen MR) is 82.8 cm³/mol. The number of benzene rings is 2. The van der Waals surface area contributed by atoms with Gasteiger partial charge in [-0.05, 0) is 12.0 Å². The minimum atomic E-state index is -0.291. The topological polar surface area (TPSA) is 37.3 Å². The van der Waals surface area contributed by atoms with E-state index >= 15 is 0 Å². The minimum absolute atomic E-state index is 0.209. The third-order valence-electron chi connectivity index (χ3n) is 2.99. The van der Waals surface area contributed by atoms with Crippen molar-refractivity contribution >= 4 is 5.78 Å². The van der Waals surface area contributed by atoms with Gasteiger partial charge in [-0.1, -0.05) is 74.5 Å². The van der Waals surface area contributed by atoms with Gasteiger partial charge in [0.1, 0.15) is 0 Å². The number of hydrogen-bond acceptors (Lipinski definition) is 2. The van der Waals surface area contributed by atoms with E-state index in [0.717, 1.165) is 17.5 Å². The molecular formula is C18H22O2. The lowest BCUT2D eigenvalue weighted by molar-refractivity contribution is 0.0988. The number of carbonyl (C=O) groups excluding carboxylic acids is 1. The highest BCUT2D eigenvalue weighted by Gasteiger charge is 2.01. The molecule has 2 aromatic rings. The predicted octanol–water partition coefficient (Wildman–Crippen LogP) is 4.41. The Kier molecular flexibility index (Phi) is 7.30. The molecule has 0 saturated heterocycles. The smallest absolute Gasteiger partial charge is 0.162 e. The molecular weight excluding hydrogens is 248 g/mol. The first kappa shape index (κ1) is 16.1. The van der Waals surface area contributed by atoms with E-state index in [1.54, 1.807) is 0 Å². The second-order valence-electron chi connectivity index (χ2n) is 4.48. The fourth-order valence-corrected chi connectivity index (χ4v) is 1.74. The van der Waals surface area contributed by atoms with Crippen molar-refractivity contribution in [2.75, 3.05) is 0 Å². The fraction of sp³-hybridized carbons (Fsp3) is 0.278. The highest BCUT2D eigenvalue weighted by molar-refractivity contribution is 5.95. The van der Waals surface area contributed by atoms with Crippen molar-refractivity contribution in [1.82, 2.24) is 0 Å². The molecule has 0 aromatic heterocycles. The molecule has 20 heavy (non-hydrogen) atoms. The van der Waals surface area contributed by atoms with Crippen molar-refractivity contribution < 1.29 is 9.90 Å². The van der Waals surface area contributed by atoms with Gasteiger partial charge < -0.3 is 5.11 Å². The van der Waals surface area contributed by atoms with Crippen molar-refractivity contribution in [3.63, 3.8) is 0 Å². The number of aliphatic hydroxyl groups is 1. The van der Waals surface area contributed by atoms with Crippen LogP contribution in [0.3, 0.4) is 0 Å². The summed E-state index contributed by atoms with van der Waals surface area (Å²) < 4.78 is 0. The molecule has 2 nitrogen and oxygen atoms in total. The second-order valence-corrected chi connectivity index (χ2v) is 4.48. The number of aliphatic hydroxyl groups excluding tert-OH is 1. The van der Waals surface area contributed by atoms with Crippen molar-refractivity contribution in [1.29, 1.82) is 0 Å². The first-order chi connectivity index (χ1) is 9.69. The lowest BCUT2D eigenvalue weighted by Crippen LogP contribution is -1.94. The highest BCUT2D eigenvalue weighted by atomic mass is 16.3. The molecule has 0 amide bonds. The van der Waals surface area contributed by atoms with Crippen LogP contribution in [0.15, 0.2) is 60.7 Å². The van der Waals surface area contributed by atoms with Crippen LogP contribution in [0.2, 0.25) is 0 Å². The van der Waals surface area contributed by atoms with E-state index in [1.165, 1.54) is 0 Å². The van der Waals surface area contributed by atoms with Gasteiger partial charge in [0.05, 0.1) is 6.10 Å². The van der Waals surface area contributed by atoms with E-state index in [-0.39, 0.29) is 11.9 Å². The van der Waals surface area contributed by atoms with Gasteiger partial charge in [0.25, 0.3) is 0 Å². The molecule has 0 aliphatic heterocycles. The summed E-state index contributed by atoms with van der Waals surface area (Å²) in [4.78, 5) is 11.0. The molecule has 0 aliphatic carbocycles. The summed E-state index contributed by atoms with van der Waals surface area (Å²) in [5.74, 6) is 0.209. The molecule has 0 spiro atoms. The van der Waals surface area contributed by atoms with Gasteiger partial charge >= 0.3 is 0 Å². The van der Waals surface area contributed by atoms with Gasteiger partial charge in [-0.3, -0.25) is 4.79 Å². The van der Waals surface area contributed by atoms with Crippen LogP contribution in [-0.4, -0.2) is 10.9 Å². The van der Waals surface area contributed by atoms with E-state index in [9.17, 15) is 9.90 Å². The third-order valence-corrected chi connectivity index (χ3v) is 2.99. The second kappa shape index (κ2) is 9.05. The van der Waals surface area contributed by atoms with Gasteiger partial charge in [-0.2, -0.15) is 0 Å². The zero-order valence-corrected chi connectivity index (χ0v) is 12.1. The zero-order valence-electron chi connectivity index (χ0n) is 12.1. The number of rotatable bonds is 4. The fourth-order valence-electron chi connectivity index (χ4n) is 1.74. The summed E-state index contributed by atoms with van der Waals surface area (Å²) in [7, 11) is 0. The quantitative estimate of drug-likeness (QED) is 0.836. The molecule has 0 aliphatic rings. The summed E-state index contributed by atoms with van der Waals surface area (Å²) >= 11 is 0. The molecule has 0 unspecified atom stereocenters. The Morgan fingerprint density at radius 3 is 1.90 bits per heavy atom. The SMILES string of the molecule is CCC(=O)c1ccccc1.CC[C@@H](O)c1ccccc1. The van der Waals surface area contributed by atoms with Gasteiger partial charge in [0, 0.05) is 12.0 Å². The van der Waals surface area contributed by atoms with Crippen LogP contribution in [0.1, 0.15) is 48.7 Å². The van der Waals surface area contributed by atoms with E-state index in [1.807, 2.05) is 74.5 Å². The summed E-state index contributed by atoms with van der Waals surface area (Å²) in [6.07, 6.45) is 1.08. The molecule has 1 atom stereocenters. The first-order valence-electron chi connectivity index (χ1n) is 7.00. The molecule has 0 saturated carbocycles. The average molecular weight is 270 g/mol. The van der Waals surface area contributed by atoms with Crippen molar-refractivity contribution in [3.8, 4) is 0 Å². The highest BCUT2D eigenvalue weighted by Crippen LogP contribution is 2.14.